The minimum atomic E-state index is 0.788. The highest BCUT2D eigenvalue weighted by molar-refractivity contribution is 14.1. The lowest BCUT2D eigenvalue weighted by Gasteiger charge is -2.34. The zero-order chi connectivity index (χ0) is 12.7. The number of nitrogens with zero attached hydrogens (tertiary/aromatic N) is 3. The molecule has 1 N–H and O–H groups in total. The Morgan fingerprint density at radius 1 is 1.22 bits per heavy atom. The van der Waals surface area contributed by atoms with Crippen LogP contribution in [-0.2, 0) is 0 Å². The summed E-state index contributed by atoms with van der Waals surface area (Å²) in [6.45, 7) is 4.20. The molecular formula is C12H15IN4S. The summed E-state index contributed by atoms with van der Waals surface area (Å²) in [6, 6.07) is 6.40. The van der Waals surface area contributed by atoms with E-state index in [1.165, 1.54) is 9.09 Å². The van der Waals surface area contributed by atoms with Gasteiger partial charge in [0.25, 0.3) is 0 Å². The van der Waals surface area contributed by atoms with Crippen molar-refractivity contribution < 1.29 is 0 Å². The fraction of sp³-hybridized carbons (Fsp3) is 0.417. The highest BCUT2D eigenvalue weighted by Crippen LogP contribution is 2.18. The van der Waals surface area contributed by atoms with E-state index in [1.807, 2.05) is 0 Å². The molecule has 0 aliphatic carbocycles. The Kier molecular flexibility index (Phi) is 3.33. The third-order valence-electron chi connectivity index (χ3n) is 3.38. The largest absolute Gasteiger partial charge is 0.329 e. The van der Waals surface area contributed by atoms with Gasteiger partial charge in [0.05, 0.1) is 11.0 Å². The standard InChI is InChI=1S/C12H15IN4S/c1-15-4-6-16(7-5-15)17-11-3-2-9(13)8-10(11)14-12(17)18/h2-3,8H,4-7H2,1H3,(H,14,18). The Hall–Kier alpha value is -0.600. The quantitative estimate of drug-likeness (QED) is 0.613. The Morgan fingerprint density at radius 2 is 1.94 bits per heavy atom. The molecule has 0 bridgehead atoms. The number of aromatic amines is 1. The molecule has 1 saturated heterocycles. The lowest BCUT2D eigenvalue weighted by atomic mass is 10.3. The van der Waals surface area contributed by atoms with Gasteiger partial charge in [-0.2, -0.15) is 0 Å². The molecule has 0 unspecified atom stereocenters. The number of piperazine rings is 1. The average Bonchev–Trinajstić information content (AvgIpc) is 2.65. The van der Waals surface area contributed by atoms with Gasteiger partial charge in [-0.25, -0.2) is 4.68 Å². The van der Waals surface area contributed by atoms with Crippen molar-refractivity contribution in [3.63, 3.8) is 0 Å². The van der Waals surface area contributed by atoms with Crippen LogP contribution in [0, 0.1) is 8.34 Å². The number of rotatable bonds is 1. The monoisotopic (exact) mass is 374 g/mol. The van der Waals surface area contributed by atoms with Gasteiger partial charge in [0.2, 0.25) is 0 Å². The molecule has 1 aliphatic heterocycles. The highest BCUT2D eigenvalue weighted by atomic mass is 127. The van der Waals surface area contributed by atoms with Crippen LogP contribution in [0.4, 0.5) is 0 Å². The predicted octanol–water partition coefficient (Wildman–Crippen LogP) is 2.19. The SMILES string of the molecule is CN1CCN(n2c(=S)[nH]c3cc(I)ccc32)CC1. The summed E-state index contributed by atoms with van der Waals surface area (Å²) in [7, 11) is 2.16. The number of halogens is 1. The molecule has 4 nitrogen and oxygen atoms in total. The molecule has 1 fully saturated rings. The van der Waals surface area contributed by atoms with Gasteiger partial charge in [0.15, 0.2) is 4.77 Å². The van der Waals surface area contributed by atoms with Crippen LogP contribution in [0.5, 0.6) is 0 Å². The topological polar surface area (TPSA) is 27.2 Å². The smallest absolute Gasteiger partial charge is 0.197 e. The molecule has 96 valence electrons. The lowest BCUT2D eigenvalue weighted by Crippen LogP contribution is -2.49. The van der Waals surface area contributed by atoms with E-state index in [0.717, 1.165) is 36.5 Å². The van der Waals surface area contributed by atoms with Gasteiger partial charge in [-0.15, -0.1) is 0 Å². The van der Waals surface area contributed by atoms with E-state index in [1.54, 1.807) is 0 Å². The maximum absolute atomic E-state index is 5.46. The van der Waals surface area contributed by atoms with Crippen molar-refractivity contribution in [2.75, 3.05) is 38.2 Å². The molecule has 0 amide bonds. The molecule has 1 aromatic heterocycles. The Morgan fingerprint density at radius 3 is 2.67 bits per heavy atom. The van der Waals surface area contributed by atoms with E-state index < -0.39 is 0 Å². The molecule has 0 spiro atoms. The molecule has 3 rings (SSSR count). The van der Waals surface area contributed by atoms with Crippen molar-refractivity contribution >= 4 is 45.8 Å². The van der Waals surface area contributed by atoms with Crippen LogP contribution in [0.25, 0.3) is 11.0 Å². The van der Waals surface area contributed by atoms with Gasteiger partial charge in [-0.1, -0.05) is 0 Å². The zero-order valence-electron chi connectivity index (χ0n) is 10.2. The van der Waals surface area contributed by atoms with Gasteiger partial charge in [-0.3, -0.25) is 0 Å². The van der Waals surface area contributed by atoms with Gasteiger partial charge >= 0.3 is 0 Å². The Balaban J connectivity index is 2.06. The summed E-state index contributed by atoms with van der Waals surface area (Å²) < 4.78 is 4.16. The zero-order valence-corrected chi connectivity index (χ0v) is 13.2. The molecular weight excluding hydrogens is 359 g/mol. The molecule has 0 atom stereocenters. The second kappa shape index (κ2) is 4.82. The Bertz CT molecular complexity index is 625. The van der Waals surface area contributed by atoms with Crippen LogP contribution in [0.3, 0.4) is 0 Å². The first-order valence-corrected chi connectivity index (χ1v) is 7.48. The second-order valence-corrected chi connectivity index (χ2v) is 6.29. The summed E-state index contributed by atoms with van der Waals surface area (Å²) in [5.41, 5.74) is 2.29. The Labute approximate surface area is 125 Å². The van der Waals surface area contributed by atoms with E-state index in [9.17, 15) is 0 Å². The van der Waals surface area contributed by atoms with Gasteiger partial charge in [-0.05, 0) is 60.1 Å². The van der Waals surface area contributed by atoms with Crippen LogP contribution in [0.2, 0.25) is 0 Å². The number of benzene rings is 1. The van der Waals surface area contributed by atoms with Crippen molar-refractivity contribution in [3.8, 4) is 0 Å². The van der Waals surface area contributed by atoms with Gasteiger partial charge < -0.3 is 14.9 Å². The van der Waals surface area contributed by atoms with Crippen LogP contribution >= 0.6 is 34.8 Å². The minimum Gasteiger partial charge on any atom is -0.329 e. The van der Waals surface area contributed by atoms with E-state index in [4.69, 9.17) is 12.2 Å². The summed E-state index contributed by atoms with van der Waals surface area (Å²) in [6.07, 6.45) is 0. The van der Waals surface area contributed by atoms with E-state index in [0.29, 0.717) is 0 Å². The van der Waals surface area contributed by atoms with Crippen molar-refractivity contribution in [1.82, 2.24) is 14.6 Å². The van der Waals surface area contributed by atoms with E-state index >= 15 is 0 Å². The van der Waals surface area contributed by atoms with Crippen LogP contribution in [0.15, 0.2) is 18.2 Å². The number of H-pyrrole nitrogens is 1. The first-order chi connectivity index (χ1) is 8.65. The summed E-state index contributed by atoms with van der Waals surface area (Å²) in [5, 5.41) is 2.33. The lowest BCUT2D eigenvalue weighted by molar-refractivity contribution is 0.288. The summed E-state index contributed by atoms with van der Waals surface area (Å²) >= 11 is 7.78. The normalized spacial score (nSPS) is 17.6. The van der Waals surface area contributed by atoms with Crippen molar-refractivity contribution in [2.45, 2.75) is 0 Å². The van der Waals surface area contributed by atoms with Crippen LogP contribution in [-0.4, -0.2) is 47.8 Å². The number of hydrogen-bond donors (Lipinski definition) is 1. The highest BCUT2D eigenvalue weighted by Gasteiger charge is 2.17. The maximum atomic E-state index is 5.46. The molecule has 18 heavy (non-hydrogen) atoms. The van der Waals surface area contributed by atoms with E-state index in [-0.39, 0.29) is 0 Å². The average molecular weight is 374 g/mol. The van der Waals surface area contributed by atoms with E-state index in [2.05, 4.69) is 67.4 Å². The molecule has 0 radical (unpaired) electrons. The first kappa shape index (κ1) is 12.4. The first-order valence-electron chi connectivity index (χ1n) is 5.99. The number of hydrogen-bond acceptors (Lipinski definition) is 3. The molecule has 6 heteroatoms. The predicted molar refractivity (Wildman–Crippen MR) is 85.3 cm³/mol. The molecule has 2 heterocycles. The minimum absolute atomic E-state index is 0.788. The molecule has 1 aromatic carbocycles. The summed E-state index contributed by atoms with van der Waals surface area (Å²) in [5.74, 6) is 0. The fourth-order valence-electron chi connectivity index (χ4n) is 2.35. The van der Waals surface area contributed by atoms with Gasteiger partial charge in [0, 0.05) is 29.7 Å². The second-order valence-electron chi connectivity index (χ2n) is 4.66. The van der Waals surface area contributed by atoms with Gasteiger partial charge in [0.1, 0.15) is 0 Å². The molecule has 2 aromatic rings. The van der Waals surface area contributed by atoms with Crippen LogP contribution < -0.4 is 5.01 Å². The maximum Gasteiger partial charge on any atom is 0.197 e. The molecule has 0 saturated carbocycles. The number of imidazole rings is 1. The number of aromatic nitrogens is 2. The third-order valence-corrected chi connectivity index (χ3v) is 4.33. The number of fused-ring (bicyclic) bond motifs is 1. The fourth-order valence-corrected chi connectivity index (χ4v) is 3.16. The molecule has 1 aliphatic rings. The van der Waals surface area contributed by atoms with Crippen LogP contribution in [0.1, 0.15) is 0 Å². The number of likely N-dealkylation sites (N-methyl/N-ethyl adjacent to an activating group) is 1. The number of nitrogens with one attached hydrogen (secondary N) is 1. The van der Waals surface area contributed by atoms with Crippen molar-refractivity contribution in [2.24, 2.45) is 0 Å². The van der Waals surface area contributed by atoms with Crippen molar-refractivity contribution in [1.29, 1.82) is 0 Å². The summed E-state index contributed by atoms with van der Waals surface area (Å²) in [4.78, 5) is 5.64. The third kappa shape index (κ3) is 2.17. The van der Waals surface area contributed by atoms with Crippen molar-refractivity contribution in [3.05, 3.63) is 26.5 Å².